The predicted molar refractivity (Wildman–Crippen MR) is 93.7 cm³/mol. The highest BCUT2D eigenvalue weighted by Crippen LogP contribution is 2.17. The summed E-state index contributed by atoms with van der Waals surface area (Å²) in [5.41, 5.74) is -0.189. The first-order valence-electron chi connectivity index (χ1n) is 8.15. The largest absolute Gasteiger partial charge is 0.497 e. The van der Waals surface area contributed by atoms with Gasteiger partial charge in [-0.05, 0) is 42.8 Å². The zero-order valence-electron chi connectivity index (χ0n) is 14.7. The molecule has 27 heavy (non-hydrogen) atoms. The molecule has 0 aliphatic heterocycles. The summed E-state index contributed by atoms with van der Waals surface area (Å²) in [6.07, 6.45) is 0.466. The van der Waals surface area contributed by atoms with Gasteiger partial charge >= 0.3 is 5.97 Å². The van der Waals surface area contributed by atoms with Crippen molar-refractivity contribution < 1.29 is 32.6 Å². The van der Waals surface area contributed by atoms with Crippen LogP contribution in [0.5, 0.6) is 11.5 Å². The summed E-state index contributed by atoms with van der Waals surface area (Å²) in [6, 6.07) is 9.74. The van der Waals surface area contributed by atoms with Crippen LogP contribution in [0.3, 0.4) is 0 Å². The molecule has 0 saturated carbocycles. The Bertz CT molecular complexity index is 780. The van der Waals surface area contributed by atoms with E-state index in [1.54, 1.807) is 31.4 Å². The fraction of sp³-hybridized carbons (Fsp3) is 0.263. The Morgan fingerprint density at radius 1 is 1.04 bits per heavy atom. The van der Waals surface area contributed by atoms with Crippen molar-refractivity contribution in [1.29, 1.82) is 0 Å². The molecule has 0 bridgehead atoms. The number of amides is 1. The van der Waals surface area contributed by atoms with Crippen molar-refractivity contribution in [1.82, 2.24) is 0 Å². The van der Waals surface area contributed by atoms with Gasteiger partial charge in [0.25, 0.3) is 5.91 Å². The Morgan fingerprint density at radius 2 is 1.74 bits per heavy atom. The molecular weight excluding hydrogens is 360 g/mol. The number of benzene rings is 2. The van der Waals surface area contributed by atoms with Gasteiger partial charge in [0.05, 0.1) is 19.4 Å². The highest BCUT2D eigenvalue weighted by molar-refractivity contribution is 5.92. The molecule has 0 saturated heterocycles. The van der Waals surface area contributed by atoms with E-state index < -0.39 is 30.1 Å². The third-order valence-electron chi connectivity index (χ3n) is 3.42. The zero-order chi connectivity index (χ0) is 19.6. The van der Waals surface area contributed by atoms with E-state index in [-0.39, 0.29) is 12.1 Å². The average molecular weight is 379 g/mol. The molecule has 144 valence electrons. The van der Waals surface area contributed by atoms with Crippen molar-refractivity contribution in [3.8, 4) is 11.5 Å². The molecule has 1 N–H and O–H groups in total. The molecule has 2 aromatic carbocycles. The number of ether oxygens (including phenoxy) is 3. The Labute approximate surface area is 155 Å². The molecule has 0 unspecified atom stereocenters. The van der Waals surface area contributed by atoms with E-state index in [2.05, 4.69) is 5.32 Å². The molecular formula is C19H19F2NO5. The lowest BCUT2D eigenvalue weighted by Crippen LogP contribution is -2.21. The van der Waals surface area contributed by atoms with Gasteiger partial charge in [0.1, 0.15) is 23.1 Å². The first-order valence-corrected chi connectivity index (χ1v) is 8.15. The average Bonchev–Trinajstić information content (AvgIpc) is 2.66. The van der Waals surface area contributed by atoms with Gasteiger partial charge in [0.15, 0.2) is 6.61 Å². The predicted octanol–water partition coefficient (Wildman–Crippen LogP) is 3.31. The normalized spacial score (nSPS) is 10.2. The Hall–Kier alpha value is -3.16. The van der Waals surface area contributed by atoms with Gasteiger partial charge in [-0.3, -0.25) is 9.59 Å². The second-order valence-electron chi connectivity index (χ2n) is 5.46. The lowest BCUT2D eigenvalue weighted by atomic mass is 10.3. The van der Waals surface area contributed by atoms with E-state index in [4.69, 9.17) is 14.2 Å². The summed E-state index contributed by atoms with van der Waals surface area (Å²) in [4.78, 5) is 23.2. The number of methoxy groups -OCH3 is 1. The molecule has 8 heteroatoms. The van der Waals surface area contributed by atoms with E-state index in [0.717, 1.165) is 12.1 Å². The van der Waals surface area contributed by atoms with Gasteiger partial charge in [0, 0.05) is 12.5 Å². The number of carbonyl (C=O) groups excluding carboxylic acids is 2. The SMILES string of the molecule is COc1ccc(OCCCC(=O)OCC(=O)Nc2ccc(F)cc2F)cc1. The highest BCUT2D eigenvalue weighted by atomic mass is 19.1. The van der Waals surface area contributed by atoms with Crippen LogP contribution in [0.1, 0.15) is 12.8 Å². The lowest BCUT2D eigenvalue weighted by molar-refractivity contribution is -0.147. The highest BCUT2D eigenvalue weighted by Gasteiger charge is 2.11. The molecule has 0 spiro atoms. The maximum Gasteiger partial charge on any atom is 0.306 e. The number of rotatable bonds is 9. The molecule has 0 radical (unpaired) electrons. The number of carbonyl (C=O) groups is 2. The summed E-state index contributed by atoms with van der Waals surface area (Å²) in [5, 5.41) is 2.20. The van der Waals surface area contributed by atoms with Crippen LogP contribution in [-0.4, -0.2) is 32.2 Å². The van der Waals surface area contributed by atoms with Gasteiger partial charge in [-0.15, -0.1) is 0 Å². The molecule has 0 atom stereocenters. The minimum absolute atomic E-state index is 0.0638. The number of esters is 1. The van der Waals surface area contributed by atoms with Crippen molar-refractivity contribution >= 4 is 17.6 Å². The fourth-order valence-corrected chi connectivity index (χ4v) is 2.07. The summed E-state index contributed by atoms with van der Waals surface area (Å²) < 4.78 is 41.5. The second kappa shape index (κ2) is 10.1. The molecule has 0 aromatic heterocycles. The number of anilines is 1. The second-order valence-corrected chi connectivity index (χ2v) is 5.46. The molecule has 6 nitrogen and oxygen atoms in total. The van der Waals surface area contributed by atoms with Gasteiger partial charge in [-0.2, -0.15) is 0 Å². The molecule has 0 heterocycles. The molecule has 2 aromatic rings. The minimum atomic E-state index is -0.912. The lowest BCUT2D eigenvalue weighted by Gasteiger charge is -2.08. The summed E-state index contributed by atoms with van der Waals surface area (Å²) in [5.74, 6) is -1.61. The van der Waals surface area contributed by atoms with Crippen molar-refractivity contribution in [3.63, 3.8) is 0 Å². The smallest absolute Gasteiger partial charge is 0.306 e. The van der Waals surface area contributed by atoms with Crippen LogP contribution in [-0.2, 0) is 14.3 Å². The van der Waals surface area contributed by atoms with Crippen molar-refractivity contribution in [3.05, 3.63) is 54.1 Å². The summed E-state index contributed by atoms with van der Waals surface area (Å²) >= 11 is 0. The van der Waals surface area contributed by atoms with E-state index in [1.165, 1.54) is 0 Å². The summed E-state index contributed by atoms with van der Waals surface area (Å²) in [6.45, 7) is -0.261. The quantitative estimate of drug-likeness (QED) is 0.535. The van der Waals surface area contributed by atoms with E-state index in [9.17, 15) is 18.4 Å². The maximum atomic E-state index is 13.4. The molecule has 2 rings (SSSR count). The van der Waals surface area contributed by atoms with Gasteiger partial charge in [-0.25, -0.2) is 8.78 Å². The van der Waals surface area contributed by atoms with E-state index in [1.807, 2.05) is 0 Å². The van der Waals surface area contributed by atoms with Crippen LogP contribution in [0.2, 0.25) is 0 Å². The summed E-state index contributed by atoms with van der Waals surface area (Å²) in [7, 11) is 1.57. The molecule has 1 amide bonds. The Kier molecular flexibility index (Phi) is 7.54. The fourth-order valence-electron chi connectivity index (χ4n) is 2.07. The molecule has 0 fully saturated rings. The van der Waals surface area contributed by atoms with Crippen LogP contribution in [0.4, 0.5) is 14.5 Å². The van der Waals surface area contributed by atoms with Crippen molar-refractivity contribution in [2.75, 3.05) is 25.6 Å². The van der Waals surface area contributed by atoms with Crippen LogP contribution in [0, 0.1) is 11.6 Å². The number of hydrogen-bond donors (Lipinski definition) is 1. The van der Waals surface area contributed by atoms with Gasteiger partial charge in [0.2, 0.25) is 0 Å². The molecule has 0 aliphatic carbocycles. The number of hydrogen-bond acceptors (Lipinski definition) is 5. The van der Waals surface area contributed by atoms with E-state index >= 15 is 0 Å². The monoisotopic (exact) mass is 379 g/mol. The van der Waals surface area contributed by atoms with Gasteiger partial charge < -0.3 is 19.5 Å². The van der Waals surface area contributed by atoms with Crippen molar-refractivity contribution in [2.45, 2.75) is 12.8 Å². The van der Waals surface area contributed by atoms with Crippen LogP contribution < -0.4 is 14.8 Å². The third kappa shape index (κ3) is 6.93. The maximum absolute atomic E-state index is 13.4. The van der Waals surface area contributed by atoms with Crippen molar-refractivity contribution in [2.24, 2.45) is 0 Å². The van der Waals surface area contributed by atoms with Crippen LogP contribution >= 0.6 is 0 Å². The van der Waals surface area contributed by atoms with Gasteiger partial charge in [-0.1, -0.05) is 0 Å². The van der Waals surface area contributed by atoms with Crippen LogP contribution in [0.15, 0.2) is 42.5 Å². The minimum Gasteiger partial charge on any atom is -0.497 e. The first kappa shape index (κ1) is 20.2. The Balaban J connectivity index is 1.63. The third-order valence-corrected chi connectivity index (χ3v) is 3.42. The Morgan fingerprint density at radius 3 is 2.41 bits per heavy atom. The zero-order valence-corrected chi connectivity index (χ0v) is 14.7. The number of nitrogens with one attached hydrogen (secondary N) is 1. The molecule has 0 aliphatic rings. The standard InChI is InChI=1S/C19H19F2NO5/c1-25-14-5-7-15(8-6-14)26-10-2-3-19(24)27-12-18(23)22-17-9-4-13(20)11-16(17)21/h4-9,11H,2-3,10,12H2,1H3,(H,22,23). The van der Waals surface area contributed by atoms with Crippen LogP contribution in [0.25, 0.3) is 0 Å². The number of halogens is 2. The van der Waals surface area contributed by atoms with E-state index in [0.29, 0.717) is 30.6 Å². The topological polar surface area (TPSA) is 73.9 Å². The first-order chi connectivity index (χ1) is 13.0.